The predicted molar refractivity (Wildman–Crippen MR) is 111 cm³/mol. The Morgan fingerprint density at radius 2 is 1.77 bits per heavy atom. The zero-order valence-electron chi connectivity index (χ0n) is 15.9. The van der Waals surface area contributed by atoms with Gasteiger partial charge in [-0.2, -0.15) is 0 Å². The number of morpholine rings is 1. The topological polar surface area (TPSA) is 67.6 Å². The molecule has 5 nitrogen and oxygen atoms in total. The fraction of sp³-hybridized carbons (Fsp3) is 0.632. The van der Waals surface area contributed by atoms with E-state index in [0.717, 1.165) is 38.0 Å². The number of hydrogen-bond donors (Lipinski definition) is 2. The Balaban J connectivity index is 0.00000312. The maximum atomic E-state index is 12.4. The van der Waals surface area contributed by atoms with Crippen LogP contribution in [0, 0.1) is 0 Å². The van der Waals surface area contributed by atoms with E-state index in [0.29, 0.717) is 18.8 Å². The van der Waals surface area contributed by atoms with Crippen molar-refractivity contribution in [1.29, 1.82) is 0 Å². The zero-order valence-corrected chi connectivity index (χ0v) is 17.6. The molecule has 3 N–H and O–H groups in total. The summed E-state index contributed by atoms with van der Waals surface area (Å²) in [5.74, 6) is -0.123. The molecule has 0 aromatic heterocycles. The first kappa shape index (κ1) is 25.1. The molecule has 3 unspecified atom stereocenters. The van der Waals surface area contributed by atoms with Crippen molar-refractivity contribution in [1.82, 2.24) is 10.2 Å². The molecule has 1 amide bonds. The molecule has 150 valence electrons. The van der Waals surface area contributed by atoms with E-state index in [1.54, 1.807) is 6.92 Å². The number of ether oxygens (including phenoxy) is 1. The highest BCUT2D eigenvalue weighted by molar-refractivity contribution is 5.87. The van der Waals surface area contributed by atoms with Crippen LogP contribution in [0.4, 0.5) is 0 Å². The molecule has 0 saturated carbocycles. The number of carbonyl (C=O) groups is 1. The van der Waals surface area contributed by atoms with Gasteiger partial charge in [-0.1, -0.05) is 30.3 Å². The smallest absolute Gasteiger partial charge is 0.244 e. The number of rotatable bonds is 7. The molecule has 1 saturated heterocycles. The second-order valence-electron chi connectivity index (χ2n) is 7.05. The van der Waals surface area contributed by atoms with Crippen molar-refractivity contribution < 1.29 is 9.53 Å². The SMILES string of the molecule is CC1CN(CCCCNC(=O)C(C)(N)c2ccccc2)CC(C)O1.Cl.Cl. The highest BCUT2D eigenvalue weighted by atomic mass is 35.5. The number of nitrogens with zero attached hydrogens (tertiary/aromatic N) is 1. The van der Waals surface area contributed by atoms with E-state index in [4.69, 9.17) is 10.5 Å². The Morgan fingerprint density at radius 3 is 2.35 bits per heavy atom. The summed E-state index contributed by atoms with van der Waals surface area (Å²) in [5.41, 5.74) is 6.05. The Morgan fingerprint density at radius 1 is 1.19 bits per heavy atom. The largest absolute Gasteiger partial charge is 0.373 e. The van der Waals surface area contributed by atoms with Gasteiger partial charge in [0.2, 0.25) is 5.91 Å². The van der Waals surface area contributed by atoms with Crippen LogP contribution in [0.3, 0.4) is 0 Å². The average molecular weight is 406 g/mol. The second-order valence-corrected chi connectivity index (χ2v) is 7.05. The summed E-state index contributed by atoms with van der Waals surface area (Å²) in [6.07, 6.45) is 2.62. The normalized spacial score (nSPS) is 22.5. The summed E-state index contributed by atoms with van der Waals surface area (Å²) in [4.78, 5) is 14.8. The van der Waals surface area contributed by atoms with E-state index in [1.807, 2.05) is 30.3 Å². The minimum atomic E-state index is -0.990. The van der Waals surface area contributed by atoms with Crippen LogP contribution >= 0.6 is 24.8 Å². The lowest BCUT2D eigenvalue weighted by Gasteiger charge is -2.35. The standard InChI is InChI=1S/C19H31N3O2.2ClH/c1-15-13-22(14-16(2)24-15)12-8-7-11-21-18(23)19(3,20)17-9-5-4-6-10-17;;/h4-6,9-10,15-16H,7-8,11-14,20H2,1-3H3,(H,21,23);2*1H. The number of halogens is 2. The van der Waals surface area contributed by atoms with E-state index in [2.05, 4.69) is 24.1 Å². The van der Waals surface area contributed by atoms with Crippen molar-refractivity contribution in [3.05, 3.63) is 35.9 Å². The Labute approximate surface area is 169 Å². The van der Waals surface area contributed by atoms with Crippen molar-refractivity contribution in [3.8, 4) is 0 Å². The van der Waals surface area contributed by atoms with Gasteiger partial charge in [-0.05, 0) is 45.7 Å². The molecule has 3 atom stereocenters. The molecule has 1 fully saturated rings. The molecule has 2 rings (SSSR count). The molecule has 0 bridgehead atoms. The Bertz CT molecular complexity index is 519. The predicted octanol–water partition coefficient (Wildman–Crippen LogP) is 2.71. The quantitative estimate of drug-likeness (QED) is 0.684. The number of benzene rings is 1. The fourth-order valence-corrected chi connectivity index (χ4v) is 3.23. The summed E-state index contributed by atoms with van der Waals surface area (Å²) in [7, 11) is 0. The second kappa shape index (κ2) is 11.8. The molecule has 1 aromatic rings. The lowest BCUT2D eigenvalue weighted by Crippen LogP contribution is -2.49. The number of unbranched alkanes of at least 4 members (excludes halogenated alkanes) is 1. The van der Waals surface area contributed by atoms with Gasteiger partial charge in [0.1, 0.15) is 5.54 Å². The minimum Gasteiger partial charge on any atom is -0.373 e. The minimum absolute atomic E-state index is 0. The van der Waals surface area contributed by atoms with Crippen LogP contribution in [0.15, 0.2) is 30.3 Å². The highest BCUT2D eigenvalue weighted by Gasteiger charge is 2.29. The van der Waals surface area contributed by atoms with Gasteiger partial charge in [0.05, 0.1) is 12.2 Å². The molecule has 1 aliphatic rings. The van der Waals surface area contributed by atoms with Crippen molar-refractivity contribution in [2.24, 2.45) is 5.73 Å². The van der Waals surface area contributed by atoms with Gasteiger partial charge in [0, 0.05) is 19.6 Å². The van der Waals surface area contributed by atoms with E-state index >= 15 is 0 Å². The van der Waals surface area contributed by atoms with E-state index in [1.165, 1.54) is 0 Å². The molecule has 1 heterocycles. The van der Waals surface area contributed by atoms with Crippen LogP contribution in [0.5, 0.6) is 0 Å². The van der Waals surface area contributed by atoms with Gasteiger partial charge in [0.15, 0.2) is 0 Å². The summed E-state index contributed by atoms with van der Waals surface area (Å²) in [6, 6.07) is 9.50. The molecule has 0 radical (unpaired) electrons. The number of carbonyl (C=O) groups excluding carboxylic acids is 1. The first-order valence-corrected chi connectivity index (χ1v) is 8.90. The third-order valence-corrected chi connectivity index (χ3v) is 4.53. The molecule has 0 spiro atoms. The van der Waals surface area contributed by atoms with Crippen LogP contribution in [0.25, 0.3) is 0 Å². The van der Waals surface area contributed by atoms with Gasteiger partial charge < -0.3 is 15.8 Å². The number of hydrogen-bond acceptors (Lipinski definition) is 4. The summed E-state index contributed by atoms with van der Waals surface area (Å²) >= 11 is 0. The molecule has 1 aliphatic heterocycles. The Kier molecular flexibility index (Phi) is 11.4. The third-order valence-electron chi connectivity index (χ3n) is 4.53. The lowest BCUT2D eigenvalue weighted by molar-refractivity contribution is -0.126. The fourth-order valence-electron chi connectivity index (χ4n) is 3.23. The van der Waals surface area contributed by atoms with Gasteiger partial charge in [-0.15, -0.1) is 24.8 Å². The molecule has 26 heavy (non-hydrogen) atoms. The van der Waals surface area contributed by atoms with Crippen molar-refractivity contribution >= 4 is 30.7 Å². The van der Waals surface area contributed by atoms with Crippen LogP contribution in [0.2, 0.25) is 0 Å². The molecular weight excluding hydrogens is 373 g/mol. The van der Waals surface area contributed by atoms with Crippen molar-refractivity contribution in [3.63, 3.8) is 0 Å². The van der Waals surface area contributed by atoms with Crippen molar-refractivity contribution in [2.75, 3.05) is 26.2 Å². The van der Waals surface area contributed by atoms with Gasteiger partial charge in [-0.3, -0.25) is 9.69 Å². The lowest BCUT2D eigenvalue weighted by atomic mass is 9.92. The van der Waals surface area contributed by atoms with Crippen LogP contribution in [0.1, 0.15) is 39.2 Å². The number of nitrogens with one attached hydrogen (secondary N) is 1. The maximum absolute atomic E-state index is 12.4. The maximum Gasteiger partial charge on any atom is 0.244 e. The summed E-state index contributed by atoms with van der Waals surface area (Å²) in [6.45, 7) is 9.69. The molecule has 0 aliphatic carbocycles. The zero-order chi connectivity index (χ0) is 17.6. The van der Waals surface area contributed by atoms with Crippen LogP contribution in [-0.4, -0.2) is 49.2 Å². The third kappa shape index (κ3) is 7.41. The molecule has 1 aromatic carbocycles. The number of amides is 1. The average Bonchev–Trinajstić information content (AvgIpc) is 2.54. The van der Waals surface area contributed by atoms with E-state index in [-0.39, 0.29) is 30.7 Å². The first-order valence-electron chi connectivity index (χ1n) is 8.90. The van der Waals surface area contributed by atoms with Crippen LogP contribution in [-0.2, 0) is 15.1 Å². The van der Waals surface area contributed by atoms with Gasteiger partial charge in [-0.25, -0.2) is 0 Å². The summed E-state index contributed by atoms with van der Waals surface area (Å²) < 4.78 is 5.74. The Hall–Kier alpha value is -0.850. The van der Waals surface area contributed by atoms with Gasteiger partial charge in [0.25, 0.3) is 0 Å². The van der Waals surface area contributed by atoms with Crippen LogP contribution < -0.4 is 11.1 Å². The molecule has 7 heteroatoms. The highest BCUT2D eigenvalue weighted by Crippen LogP contribution is 2.17. The van der Waals surface area contributed by atoms with Crippen molar-refractivity contribution in [2.45, 2.75) is 51.4 Å². The molecular formula is C19H33Cl2N3O2. The van der Waals surface area contributed by atoms with Gasteiger partial charge >= 0.3 is 0 Å². The monoisotopic (exact) mass is 405 g/mol. The number of nitrogens with two attached hydrogens (primary N) is 1. The summed E-state index contributed by atoms with van der Waals surface area (Å²) in [5, 5.41) is 2.97. The van der Waals surface area contributed by atoms with E-state index in [9.17, 15) is 4.79 Å². The first-order chi connectivity index (χ1) is 11.4. The van der Waals surface area contributed by atoms with E-state index < -0.39 is 5.54 Å².